The number of aromatic nitrogens is 1. The number of fused-ring (bicyclic) bond motifs is 2. The summed E-state index contributed by atoms with van der Waals surface area (Å²) in [5.41, 5.74) is 9.01. The second kappa shape index (κ2) is 2.79. The van der Waals surface area contributed by atoms with Crippen molar-refractivity contribution in [3.05, 3.63) is 46.3 Å². The normalized spacial score (nSPS) is 16.9. The van der Waals surface area contributed by atoms with Crippen molar-refractivity contribution in [1.82, 2.24) is 4.98 Å². The molecule has 0 atom stereocenters. The van der Waals surface area contributed by atoms with Gasteiger partial charge in [-0.15, -0.1) is 0 Å². The molecule has 74 valence electrons. The Hall–Kier alpha value is -1.90. The molecule has 1 aliphatic carbocycles. The molecule has 1 aliphatic heterocycles. The Kier molecular flexibility index (Phi) is 1.57. The number of allylic oxidation sites excluding steroid dienone is 4. The molecule has 0 radical (unpaired) electrons. The fourth-order valence-electron chi connectivity index (χ4n) is 2.16. The molecule has 0 saturated heterocycles. The Morgan fingerprint density at radius 1 is 1.40 bits per heavy atom. The van der Waals surface area contributed by atoms with Gasteiger partial charge in [-0.2, -0.15) is 0 Å². The average Bonchev–Trinajstić information content (AvgIpc) is 2.54. The zero-order chi connectivity index (χ0) is 10.4. The number of aryl methyl sites for hydroxylation is 1. The van der Waals surface area contributed by atoms with Crippen LogP contribution in [0.2, 0.25) is 0 Å². The Balaban J connectivity index is 2.47. The van der Waals surface area contributed by atoms with Gasteiger partial charge in [-0.05, 0) is 25.0 Å². The molecule has 3 heteroatoms. The van der Waals surface area contributed by atoms with Gasteiger partial charge in [-0.3, -0.25) is 0 Å². The predicted octanol–water partition coefficient (Wildman–Crippen LogP) is 0.600. The van der Waals surface area contributed by atoms with E-state index in [2.05, 4.69) is 16.1 Å². The number of rotatable bonds is 0. The number of nitrogens with two attached hydrogens (primary N) is 1. The minimum atomic E-state index is 0.544. The van der Waals surface area contributed by atoms with Gasteiger partial charge in [0, 0.05) is 17.0 Å². The maximum absolute atomic E-state index is 5.71. The third-order valence-corrected chi connectivity index (χ3v) is 2.76. The van der Waals surface area contributed by atoms with Crippen LogP contribution in [0.5, 0.6) is 0 Å². The standard InChI is InChI=1S/C12H11N3/c1-7-12-8-4-2-3-5-9(8)15-10(12)6-11(13)14-7/h2-3,5-6H,4,13H2,1H3. The van der Waals surface area contributed by atoms with Gasteiger partial charge in [0.25, 0.3) is 0 Å². The molecule has 2 aliphatic rings. The molecule has 1 aromatic heterocycles. The van der Waals surface area contributed by atoms with E-state index in [0.29, 0.717) is 5.82 Å². The quantitative estimate of drug-likeness (QED) is 0.662. The molecule has 0 fully saturated rings. The van der Waals surface area contributed by atoms with Gasteiger partial charge in [-0.25, -0.2) is 9.98 Å². The van der Waals surface area contributed by atoms with E-state index in [-0.39, 0.29) is 0 Å². The summed E-state index contributed by atoms with van der Waals surface area (Å²) < 4.78 is 0. The number of nitrogen functional groups attached to an aromatic ring is 1. The monoisotopic (exact) mass is 197 g/mol. The molecular formula is C12H11N3. The van der Waals surface area contributed by atoms with Gasteiger partial charge in [0.05, 0.1) is 11.1 Å². The van der Waals surface area contributed by atoms with Crippen molar-refractivity contribution < 1.29 is 0 Å². The van der Waals surface area contributed by atoms with Crippen molar-refractivity contribution in [2.75, 3.05) is 5.73 Å². The summed E-state index contributed by atoms with van der Waals surface area (Å²) >= 11 is 0. The highest BCUT2D eigenvalue weighted by molar-refractivity contribution is 5.70. The van der Waals surface area contributed by atoms with Crippen LogP contribution in [0.4, 0.5) is 5.82 Å². The SMILES string of the molecule is Cc1nc(N)cc2c1=C1CC=CC=C1N=2. The first-order chi connectivity index (χ1) is 7.25. The molecule has 2 N–H and O–H groups in total. The summed E-state index contributed by atoms with van der Waals surface area (Å²) in [5.74, 6) is 0.544. The van der Waals surface area contributed by atoms with Crippen LogP contribution in [0, 0.1) is 6.92 Å². The maximum Gasteiger partial charge on any atom is 0.125 e. The first kappa shape index (κ1) is 8.41. The summed E-state index contributed by atoms with van der Waals surface area (Å²) in [6.45, 7) is 1.99. The second-order valence-corrected chi connectivity index (χ2v) is 3.80. The lowest BCUT2D eigenvalue weighted by molar-refractivity contribution is 1.14. The minimum absolute atomic E-state index is 0.544. The van der Waals surface area contributed by atoms with Crippen molar-refractivity contribution >= 4 is 11.4 Å². The first-order valence-electron chi connectivity index (χ1n) is 4.98. The summed E-state index contributed by atoms with van der Waals surface area (Å²) in [5, 5.41) is 2.13. The maximum atomic E-state index is 5.71. The van der Waals surface area contributed by atoms with Gasteiger partial charge in [-0.1, -0.05) is 12.2 Å². The summed E-state index contributed by atoms with van der Waals surface area (Å²) in [6, 6.07) is 1.84. The highest BCUT2D eigenvalue weighted by Gasteiger charge is 2.15. The van der Waals surface area contributed by atoms with Gasteiger partial charge in [0.2, 0.25) is 0 Å². The van der Waals surface area contributed by atoms with E-state index in [1.807, 2.05) is 25.1 Å². The molecular weight excluding hydrogens is 186 g/mol. The largest absolute Gasteiger partial charge is 0.384 e. The van der Waals surface area contributed by atoms with Crippen LogP contribution in [-0.4, -0.2) is 4.98 Å². The predicted molar refractivity (Wildman–Crippen MR) is 59.4 cm³/mol. The van der Waals surface area contributed by atoms with Crippen molar-refractivity contribution in [2.45, 2.75) is 13.3 Å². The molecule has 1 aromatic rings. The molecule has 0 saturated carbocycles. The summed E-state index contributed by atoms with van der Waals surface area (Å²) in [6.07, 6.45) is 7.16. The van der Waals surface area contributed by atoms with Gasteiger partial charge < -0.3 is 5.73 Å². The number of nitrogens with zero attached hydrogens (tertiary/aromatic N) is 2. The van der Waals surface area contributed by atoms with Crippen molar-refractivity contribution in [3.63, 3.8) is 0 Å². The number of hydrogen-bond acceptors (Lipinski definition) is 3. The van der Waals surface area contributed by atoms with Crippen molar-refractivity contribution in [1.29, 1.82) is 0 Å². The smallest absolute Gasteiger partial charge is 0.125 e. The minimum Gasteiger partial charge on any atom is -0.384 e. The van der Waals surface area contributed by atoms with E-state index in [1.165, 1.54) is 10.8 Å². The van der Waals surface area contributed by atoms with Crippen LogP contribution < -0.4 is 16.3 Å². The molecule has 0 aromatic carbocycles. The van der Waals surface area contributed by atoms with Crippen LogP contribution in [0.1, 0.15) is 12.1 Å². The zero-order valence-corrected chi connectivity index (χ0v) is 8.49. The molecule has 0 amide bonds. The van der Waals surface area contributed by atoms with Crippen LogP contribution >= 0.6 is 0 Å². The number of pyridine rings is 1. The lowest BCUT2D eigenvalue weighted by Gasteiger charge is -2.04. The molecule has 0 bridgehead atoms. The van der Waals surface area contributed by atoms with Crippen LogP contribution in [-0.2, 0) is 0 Å². The lowest BCUT2D eigenvalue weighted by atomic mass is 10.0. The molecule has 3 rings (SSSR count). The van der Waals surface area contributed by atoms with Crippen molar-refractivity contribution in [2.24, 2.45) is 4.99 Å². The molecule has 15 heavy (non-hydrogen) atoms. The average molecular weight is 197 g/mol. The third-order valence-electron chi connectivity index (χ3n) is 2.76. The fraction of sp³-hybridized carbons (Fsp3) is 0.167. The Morgan fingerprint density at radius 2 is 2.27 bits per heavy atom. The van der Waals surface area contributed by atoms with E-state index in [1.54, 1.807) is 0 Å². The second-order valence-electron chi connectivity index (χ2n) is 3.80. The first-order valence-corrected chi connectivity index (χ1v) is 4.98. The molecule has 3 nitrogen and oxygen atoms in total. The Bertz CT molecular complexity index is 621. The summed E-state index contributed by atoms with van der Waals surface area (Å²) in [4.78, 5) is 8.83. The Labute approximate surface area is 87.4 Å². The fourth-order valence-corrected chi connectivity index (χ4v) is 2.16. The zero-order valence-electron chi connectivity index (χ0n) is 8.49. The van der Waals surface area contributed by atoms with E-state index >= 15 is 0 Å². The molecule has 0 spiro atoms. The van der Waals surface area contributed by atoms with E-state index in [4.69, 9.17) is 5.73 Å². The lowest BCUT2D eigenvalue weighted by Crippen LogP contribution is -2.28. The van der Waals surface area contributed by atoms with E-state index < -0.39 is 0 Å². The van der Waals surface area contributed by atoms with Crippen LogP contribution in [0.15, 0.2) is 35.0 Å². The van der Waals surface area contributed by atoms with E-state index in [0.717, 1.165) is 23.2 Å². The highest BCUT2D eigenvalue weighted by atomic mass is 14.9. The van der Waals surface area contributed by atoms with Gasteiger partial charge in [0.1, 0.15) is 5.82 Å². The van der Waals surface area contributed by atoms with Crippen molar-refractivity contribution in [3.8, 4) is 0 Å². The number of hydrogen-bond donors (Lipinski definition) is 1. The van der Waals surface area contributed by atoms with Gasteiger partial charge >= 0.3 is 0 Å². The summed E-state index contributed by atoms with van der Waals surface area (Å²) in [7, 11) is 0. The third kappa shape index (κ3) is 1.13. The molecule has 0 unspecified atom stereocenters. The van der Waals surface area contributed by atoms with Crippen LogP contribution in [0.3, 0.4) is 0 Å². The topological polar surface area (TPSA) is 51.3 Å². The Morgan fingerprint density at radius 3 is 3.13 bits per heavy atom. The highest BCUT2D eigenvalue weighted by Crippen LogP contribution is 2.22. The number of anilines is 1. The molecule has 2 heterocycles. The van der Waals surface area contributed by atoms with Gasteiger partial charge in [0.15, 0.2) is 0 Å². The van der Waals surface area contributed by atoms with Crippen LogP contribution in [0.25, 0.3) is 5.57 Å². The van der Waals surface area contributed by atoms with E-state index in [9.17, 15) is 0 Å².